The molecule has 0 bridgehead atoms. The molecule has 2 N–H and O–H groups in total. The van der Waals surface area contributed by atoms with Gasteiger partial charge in [-0.25, -0.2) is 0 Å². The van der Waals surface area contributed by atoms with Gasteiger partial charge in [-0.1, -0.05) is 36.4 Å². The van der Waals surface area contributed by atoms with E-state index in [4.69, 9.17) is 5.73 Å². The minimum absolute atomic E-state index is 0.231. The molecule has 1 unspecified atom stereocenters. The van der Waals surface area contributed by atoms with Crippen LogP contribution in [0.1, 0.15) is 23.8 Å². The van der Waals surface area contributed by atoms with Crippen molar-refractivity contribution in [2.75, 3.05) is 0 Å². The summed E-state index contributed by atoms with van der Waals surface area (Å²) in [6.45, 7) is 2.11. The summed E-state index contributed by atoms with van der Waals surface area (Å²) in [5.74, 6) is 0. The van der Waals surface area contributed by atoms with Gasteiger partial charge in [0.05, 0.1) is 0 Å². The van der Waals surface area contributed by atoms with Crippen LogP contribution in [0.3, 0.4) is 0 Å². The lowest BCUT2D eigenvalue weighted by Gasteiger charge is -2.25. The first-order valence-electron chi connectivity index (χ1n) is 5.55. The van der Waals surface area contributed by atoms with Crippen LogP contribution in [0.15, 0.2) is 47.8 Å². The second kappa shape index (κ2) is 4.81. The fraction of sp³-hybridized carbons (Fsp3) is 0.286. The van der Waals surface area contributed by atoms with Gasteiger partial charge in [-0.15, -0.1) is 11.3 Å². The van der Waals surface area contributed by atoms with Crippen LogP contribution < -0.4 is 5.73 Å². The molecular formula is C14H17NS. The highest BCUT2D eigenvalue weighted by Gasteiger charge is 2.20. The van der Waals surface area contributed by atoms with E-state index in [0.29, 0.717) is 0 Å². The second-order valence-corrected chi connectivity index (χ2v) is 5.40. The van der Waals surface area contributed by atoms with Crippen LogP contribution in [-0.4, -0.2) is 0 Å². The molecule has 2 rings (SSSR count). The maximum atomic E-state index is 6.36. The molecular weight excluding hydrogens is 214 g/mol. The summed E-state index contributed by atoms with van der Waals surface area (Å²) in [6, 6.07) is 14.6. The Morgan fingerprint density at radius 1 is 1.12 bits per heavy atom. The molecule has 0 fully saturated rings. The van der Waals surface area contributed by atoms with Crippen LogP contribution in [0.2, 0.25) is 0 Å². The summed E-state index contributed by atoms with van der Waals surface area (Å²) < 4.78 is 0. The topological polar surface area (TPSA) is 26.0 Å². The predicted octanol–water partition coefficient (Wildman–Crippen LogP) is 3.55. The molecule has 0 radical (unpaired) electrons. The van der Waals surface area contributed by atoms with Gasteiger partial charge in [-0.05, 0) is 36.8 Å². The predicted molar refractivity (Wildman–Crippen MR) is 70.6 cm³/mol. The third kappa shape index (κ3) is 2.71. The first-order chi connectivity index (χ1) is 7.68. The van der Waals surface area contributed by atoms with Gasteiger partial charge in [0.2, 0.25) is 0 Å². The summed E-state index contributed by atoms with van der Waals surface area (Å²) in [5.41, 5.74) is 7.34. The molecule has 0 aliphatic heterocycles. The Morgan fingerprint density at radius 3 is 2.50 bits per heavy atom. The van der Waals surface area contributed by atoms with Crippen LogP contribution in [0.4, 0.5) is 0 Å². The minimum atomic E-state index is -0.231. The van der Waals surface area contributed by atoms with Gasteiger partial charge in [0.15, 0.2) is 0 Å². The molecule has 0 saturated carbocycles. The lowest BCUT2D eigenvalue weighted by molar-refractivity contribution is 0.454. The standard InChI is InChI=1S/C14H17NS/c1-14(15,12-6-3-2-4-7-12)10-9-13-8-5-11-16-13/h2-8,11H,9-10,15H2,1H3. The molecule has 84 valence electrons. The summed E-state index contributed by atoms with van der Waals surface area (Å²) in [7, 11) is 0. The number of aryl methyl sites for hydroxylation is 1. The van der Waals surface area contributed by atoms with Crippen molar-refractivity contribution in [3.05, 3.63) is 58.3 Å². The van der Waals surface area contributed by atoms with Crippen molar-refractivity contribution in [1.82, 2.24) is 0 Å². The third-order valence-corrected chi connectivity index (χ3v) is 3.84. The number of hydrogen-bond donors (Lipinski definition) is 1. The van der Waals surface area contributed by atoms with Gasteiger partial charge >= 0.3 is 0 Å². The molecule has 0 amide bonds. The summed E-state index contributed by atoms with van der Waals surface area (Å²) in [5, 5.41) is 2.12. The molecule has 0 aliphatic rings. The molecule has 1 aromatic heterocycles. The van der Waals surface area contributed by atoms with Crippen molar-refractivity contribution < 1.29 is 0 Å². The van der Waals surface area contributed by atoms with Crippen molar-refractivity contribution in [3.63, 3.8) is 0 Å². The van der Waals surface area contributed by atoms with Crippen LogP contribution in [0, 0.1) is 0 Å². The fourth-order valence-corrected chi connectivity index (χ4v) is 2.51. The van der Waals surface area contributed by atoms with Crippen molar-refractivity contribution in [3.8, 4) is 0 Å². The van der Waals surface area contributed by atoms with E-state index in [2.05, 4.69) is 36.6 Å². The zero-order valence-corrected chi connectivity index (χ0v) is 10.3. The maximum Gasteiger partial charge on any atom is 0.0384 e. The van der Waals surface area contributed by atoms with Gasteiger partial charge in [-0.3, -0.25) is 0 Å². The lowest BCUT2D eigenvalue weighted by Crippen LogP contribution is -2.33. The number of hydrogen-bond acceptors (Lipinski definition) is 2. The highest BCUT2D eigenvalue weighted by atomic mass is 32.1. The maximum absolute atomic E-state index is 6.36. The third-order valence-electron chi connectivity index (χ3n) is 2.90. The monoisotopic (exact) mass is 231 g/mol. The SMILES string of the molecule is CC(N)(CCc1cccs1)c1ccccc1. The van der Waals surface area contributed by atoms with Gasteiger partial charge < -0.3 is 5.73 Å². The molecule has 16 heavy (non-hydrogen) atoms. The normalized spacial score (nSPS) is 14.6. The van der Waals surface area contributed by atoms with Crippen molar-refractivity contribution in [2.45, 2.75) is 25.3 Å². The van der Waals surface area contributed by atoms with E-state index in [1.807, 2.05) is 18.2 Å². The molecule has 0 spiro atoms. The molecule has 1 nitrogen and oxygen atoms in total. The largest absolute Gasteiger partial charge is 0.322 e. The van der Waals surface area contributed by atoms with Crippen molar-refractivity contribution in [1.29, 1.82) is 0 Å². The quantitative estimate of drug-likeness (QED) is 0.855. The van der Waals surface area contributed by atoms with E-state index in [1.54, 1.807) is 11.3 Å². The Bertz CT molecular complexity index is 417. The van der Waals surface area contributed by atoms with E-state index in [1.165, 1.54) is 10.4 Å². The van der Waals surface area contributed by atoms with E-state index >= 15 is 0 Å². The molecule has 1 aromatic carbocycles. The van der Waals surface area contributed by atoms with Gasteiger partial charge in [0, 0.05) is 10.4 Å². The molecule has 1 heterocycles. The molecule has 2 aromatic rings. The Labute approximate surface area is 101 Å². The minimum Gasteiger partial charge on any atom is -0.322 e. The number of benzene rings is 1. The molecule has 0 saturated heterocycles. The lowest BCUT2D eigenvalue weighted by atomic mass is 9.88. The van der Waals surface area contributed by atoms with Crippen LogP contribution in [0.5, 0.6) is 0 Å². The highest BCUT2D eigenvalue weighted by Crippen LogP contribution is 2.24. The van der Waals surface area contributed by atoms with Gasteiger partial charge in [-0.2, -0.15) is 0 Å². The van der Waals surface area contributed by atoms with E-state index in [-0.39, 0.29) is 5.54 Å². The van der Waals surface area contributed by atoms with E-state index in [0.717, 1.165) is 12.8 Å². The Hall–Kier alpha value is -1.12. The van der Waals surface area contributed by atoms with Crippen molar-refractivity contribution >= 4 is 11.3 Å². The average Bonchev–Trinajstić information content (AvgIpc) is 2.81. The zero-order chi connectivity index (χ0) is 11.4. The molecule has 1 atom stereocenters. The number of nitrogens with two attached hydrogens (primary N) is 1. The molecule has 0 aliphatic carbocycles. The summed E-state index contributed by atoms with van der Waals surface area (Å²) in [4.78, 5) is 1.41. The molecule has 2 heteroatoms. The summed E-state index contributed by atoms with van der Waals surface area (Å²) >= 11 is 1.80. The number of thiophene rings is 1. The van der Waals surface area contributed by atoms with Gasteiger partial charge in [0.25, 0.3) is 0 Å². The second-order valence-electron chi connectivity index (χ2n) is 4.36. The first-order valence-corrected chi connectivity index (χ1v) is 6.43. The zero-order valence-electron chi connectivity index (χ0n) is 9.52. The van der Waals surface area contributed by atoms with E-state index in [9.17, 15) is 0 Å². The summed E-state index contributed by atoms with van der Waals surface area (Å²) in [6.07, 6.45) is 2.04. The van der Waals surface area contributed by atoms with Gasteiger partial charge in [0.1, 0.15) is 0 Å². The van der Waals surface area contributed by atoms with E-state index < -0.39 is 0 Å². The average molecular weight is 231 g/mol. The Morgan fingerprint density at radius 2 is 1.88 bits per heavy atom. The van der Waals surface area contributed by atoms with Crippen LogP contribution in [0.25, 0.3) is 0 Å². The fourth-order valence-electron chi connectivity index (χ4n) is 1.80. The first kappa shape index (κ1) is 11.4. The smallest absolute Gasteiger partial charge is 0.0384 e. The Kier molecular flexibility index (Phi) is 3.42. The van der Waals surface area contributed by atoms with Crippen LogP contribution >= 0.6 is 11.3 Å². The number of rotatable bonds is 4. The highest BCUT2D eigenvalue weighted by molar-refractivity contribution is 7.09. The Balaban J connectivity index is 2.03. The van der Waals surface area contributed by atoms with Crippen LogP contribution in [-0.2, 0) is 12.0 Å². The van der Waals surface area contributed by atoms with Crippen molar-refractivity contribution in [2.24, 2.45) is 5.73 Å².